The van der Waals surface area contributed by atoms with E-state index < -0.39 is 0 Å². The van der Waals surface area contributed by atoms with Gasteiger partial charge in [0.1, 0.15) is 11.4 Å². The Kier molecular flexibility index (Phi) is 5.08. The molecule has 31 heavy (non-hydrogen) atoms. The van der Waals surface area contributed by atoms with Crippen LogP contribution in [0.1, 0.15) is 33.5 Å². The first-order valence-corrected chi connectivity index (χ1v) is 10.7. The summed E-state index contributed by atoms with van der Waals surface area (Å²) >= 11 is 0. The lowest BCUT2D eigenvalue weighted by Gasteiger charge is -2.39. The van der Waals surface area contributed by atoms with Crippen molar-refractivity contribution in [3.8, 4) is 0 Å². The van der Waals surface area contributed by atoms with Crippen LogP contribution in [-0.4, -0.2) is 51.4 Å². The van der Waals surface area contributed by atoms with Gasteiger partial charge in [-0.15, -0.1) is 0 Å². The van der Waals surface area contributed by atoms with Crippen molar-refractivity contribution in [2.45, 2.75) is 13.0 Å². The Morgan fingerprint density at radius 2 is 1.81 bits per heavy atom. The van der Waals surface area contributed by atoms with Crippen LogP contribution in [0.4, 0.5) is 0 Å². The van der Waals surface area contributed by atoms with E-state index >= 15 is 0 Å². The van der Waals surface area contributed by atoms with E-state index in [2.05, 4.69) is 38.7 Å². The molecule has 0 N–H and O–H groups in total. The number of piperazine rings is 1. The summed E-state index contributed by atoms with van der Waals surface area (Å²) in [6.07, 6.45) is 3.82. The Balaban J connectivity index is 1.34. The maximum atomic E-state index is 13.1. The predicted octanol–water partition coefficient (Wildman–Crippen LogP) is 4.02. The molecule has 1 saturated heterocycles. The summed E-state index contributed by atoms with van der Waals surface area (Å²) in [5, 5.41) is 0.973. The third kappa shape index (κ3) is 3.75. The van der Waals surface area contributed by atoms with Gasteiger partial charge in [0.25, 0.3) is 5.91 Å². The highest BCUT2D eigenvalue weighted by molar-refractivity contribution is 5.96. The van der Waals surface area contributed by atoms with Crippen molar-refractivity contribution in [3.05, 3.63) is 89.7 Å². The fraction of sp³-hybridized carbons (Fsp3) is 0.280. The molecule has 1 unspecified atom stereocenters. The van der Waals surface area contributed by atoms with Gasteiger partial charge in [0, 0.05) is 51.0 Å². The summed E-state index contributed by atoms with van der Waals surface area (Å²) in [6, 6.07) is 18.3. The number of furan rings is 1. The lowest BCUT2D eigenvalue weighted by atomic mass is 10.0. The van der Waals surface area contributed by atoms with Crippen LogP contribution in [0.2, 0.25) is 0 Å². The number of hydrogen-bond donors (Lipinski definition) is 0. The van der Waals surface area contributed by atoms with E-state index in [4.69, 9.17) is 4.42 Å². The van der Waals surface area contributed by atoms with Crippen molar-refractivity contribution < 1.29 is 9.21 Å². The van der Waals surface area contributed by atoms with E-state index in [1.54, 1.807) is 0 Å². The Morgan fingerprint density at radius 1 is 1.03 bits per heavy atom. The van der Waals surface area contributed by atoms with Gasteiger partial charge in [-0.25, -0.2) is 4.98 Å². The number of fused-ring (bicyclic) bond motifs is 1. The Morgan fingerprint density at radius 3 is 2.52 bits per heavy atom. The van der Waals surface area contributed by atoms with Gasteiger partial charge >= 0.3 is 0 Å². The van der Waals surface area contributed by atoms with Crippen LogP contribution in [-0.2, 0) is 7.05 Å². The molecule has 4 aromatic rings. The minimum atomic E-state index is -0.0400. The van der Waals surface area contributed by atoms with Crippen molar-refractivity contribution in [2.75, 3.05) is 26.2 Å². The van der Waals surface area contributed by atoms with Gasteiger partial charge in [-0.3, -0.25) is 9.69 Å². The van der Waals surface area contributed by atoms with Crippen LogP contribution < -0.4 is 0 Å². The summed E-state index contributed by atoms with van der Waals surface area (Å²) in [5.41, 5.74) is 3.12. The average Bonchev–Trinajstić information content (AvgIpc) is 3.41. The number of rotatable bonds is 4. The molecule has 2 aromatic heterocycles. The summed E-state index contributed by atoms with van der Waals surface area (Å²) < 4.78 is 7.91. The fourth-order valence-electron chi connectivity index (χ4n) is 4.41. The molecule has 3 heterocycles. The fourth-order valence-corrected chi connectivity index (χ4v) is 4.41. The van der Waals surface area contributed by atoms with Gasteiger partial charge in [-0.05, 0) is 30.7 Å². The van der Waals surface area contributed by atoms with E-state index in [-0.39, 0.29) is 11.9 Å². The Hall–Kier alpha value is -3.38. The van der Waals surface area contributed by atoms with E-state index in [1.807, 2.05) is 61.6 Å². The molecular formula is C25H26N4O2. The predicted molar refractivity (Wildman–Crippen MR) is 120 cm³/mol. The van der Waals surface area contributed by atoms with Crippen LogP contribution in [0.25, 0.3) is 11.0 Å². The number of imidazole rings is 1. The number of amides is 1. The van der Waals surface area contributed by atoms with Gasteiger partial charge in [-0.1, -0.05) is 42.0 Å². The largest absolute Gasteiger partial charge is 0.451 e. The van der Waals surface area contributed by atoms with Gasteiger partial charge in [0.05, 0.1) is 6.04 Å². The molecule has 1 amide bonds. The zero-order chi connectivity index (χ0) is 21.4. The van der Waals surface area contributed by atoms with Crippen LogP contribution in [0.3, 0.4) is 0 Å². The molecule has 1 fully saturated rings. The first-order chi connectivity index (χ1) is 15.1. The first-order valence-electron chi connectivity index (χ1n) is 10.7. The van der Waals surface area contributed by atoms with Crippen molar-refractivity contribution >= 4 is 16.9 Å². The SMILES string of the molecule is Cc1ccc2oc(C(=O)N3CCN(C(c4ccccc4)c4nccn4C)CC3)cc2c1. The zero-order valence-electron chi connectivity index (χ0n) is 17.9. The second kappa shape index (κ2) is 8.04. The number of carbonyl (C=O) groups is 1. The molecule has 6 nitrogen and oxygen atoms in total. The standard InChI is InChI=1S/C25H26N4O2/c1-18-8-9-21-20(16-18)17-22(31-21)25(30)29-14-12-28(13-15-29)23(19-6-4-3-5-7-19)24-26-10-11-27(24)2/h3-11,16-17,23H,12-15H2,1-2H3. The smallest absolute Gasteiger partial charge is 0.289 e. The van der Waals surface area contributed by atoms with Crippen LogP contribution in [0.5, 0.6) is 0 Å². The third-order valence-corrected chi connectivity index (χ3v) is 6.07. The molecule has 0 radical (unpaired) electrons. The molecule has 0 bridgehead atoms. The number of carbonyl (C=O) groups excluding carboxylic acids is 1. The lowest BCUT2D eigenvalue weighted by molar-refractivity contribution is 0.0563. The summed E-state index contributed by atoms with van der Waals surface area (Å²) in [6.45, 7) is 4.90. The van der Waals surface area contributed by atoms with Crippen LogP contribution in [0.15, 0.2) is 71.4 Å². The van der Waals surface area contributed by atoms with Crippen LogP contribution in [0, 0.1) is 6.92 Å². The normalized spacial score (nSPS) is 16.0. The van der Waals surface area contributed by atoms with Crippen LogP contribution >= 0.6 is 0 Å². The van der Waals surface area contributed by atoms with E-state index in [9.17, 15) is 4.79 Å². The van der Waals surface area contributed by atoms with Crippen molar-refractivity contribution in [1.82, 2.24) is 19.4 Å². The maximum Gasteiger partial charge on any atom is 0.289 e. The molecular weight excluding hydrogens is 388 g/mol. The molecule has 1 aliphatic heterocycles. The van der Waals surface area contributed by atoms with Crippen molar-refractivity contribution in [3.63, 3.8) is 0 Å². The summed E-state index contributed by atoms with van der Waals surface area (Å²) in [5.74, 6) is 1.39. The number of aryl methyl sites for hydroxylation is 2. The van der Waals surface area contributed by atoms with E-state index in [0.717, 1.165) is 35.4 Å². The molecule has 6 heteroatoms. The molecule has 1 aliphatic rings. The number of nitrogens with zero attached hydrogens (tertiary/aromatic N) is 4. The molecule has 0 spiro atoms. The lowest BCUT2D eigenvalue weighted by Crippen LogP contribution is -2.50. The first kappa shape index (κ1) is 19.6. The highest BCUT2D eigenvalue weighted by atomic mass is 16.3. The molecule has 0 saturated carbocycles. The molecule has 0 aliphatic carbocycles. The highest BCUT2D eigenvalue weighted by Gasteiger charge is 2.31. The van der Waals surface area contributed by atoms with E-state index in [0.29, 0.717) is 18.8 Å². The molecule has 158 valence electrons. The average molecular weight is 415 g/mol. The van der Waals surface area contributed by atoms with Gasteiger partial charge < -0.3 is 13.9 Å². The number of benzene rings is 2. The zero-order valence-corrected chi connectivity index (χ0v) is 17.9. The van der Waals surface area contributed by atoms with E-state index in [1.165, 1.54) is 5.56 Å². The summed E-state index contributed by atoms with van der Waals surface area (Å²) in [7, 11) is 2.03. The monoisotopic (exact) mass is 414 g/mol. The highest BCUT2D eigenvalue weighted by Crippen LogP contribution is 2.29. The van der Waals surface area contributed by atoms with Gasteiger partial charge in [0.2, 0.25) is 0 Å². The number of aromatic nitrogens is 2. The molecule has 1 atom stereocenters. The Labute approximate surface area is 181 Å². The maximum absolute atomic E-state index is 13.1. The quantitative estimate of drug-likeness (QED) is 0.506. The van der Waals surface area contributed by atoms with Crippen molar-refractivity contribution in [2.24, 2.45) is 7.05 Å². The molecule has 5 rings (SSSR count). The minimum Gasteiger partial charge on any atom is -0.451 e. The summed E-state index contributed by atoms with van der Waals surface area (Å²) in [4.78, 5) is 22.0. The molecule has 2 aromatic carbocycles. The second-order valence-corrected chi connectivity index (χ2v) is 8.19. The van der Waals surface area contributed by atoms with Gasteiger partial charge in [0.15, 0.2) is 5.76 Å². The third-order valence-electron chi connectivity index (χ3n) is 6.07. The van der Waals surface area contributed by atoms with Crippen molar-refractivity contribution in [1.29, 1.82) is 0 Å². The number of hydrogen-bond acceptors (Lipinski definition) is 4. The minimum absolute atomic E-state index is 0.0400. The Bertz CT molecular complexity index is 1200. The second-order valence-electron chi connectivity index (χ2n) is 8.19. The van der Waals surface area contributed by atoms with Gasteiger partial charge in [-0.2, -0.15) is 0 Å². The topological polar surface area (TPSA) is 54.5 Å².